The van der Waals surface area contributed by atoms with E-state index in [0.29, 0.717) is 16.8 Å². The topological polar surface area (TPSA) is 27.7 Å². The van der Waals surface area contributed by atoms with E-state index in [0.717, 1.165) is 12.8 Å². The zero-order valence-electron chi connectivity index (χ0n) is 14.5. The van der Waals surface area contributed by atoms with Crippen molar-refractivity contribution in [2.45, 2.75) is 88.6 Å². The van der Waals surface area contributed by atoms with E-state index in [1.807, 2.05) is 6.92 Å². The monoisotopic (exact) mass is 430 g/mol. The summed E-state index contributed by atoms with van der Waals surface area (Å²) in [6.45, 7) is 9.78. The molecule has 0 radical (unpaired) electrons. The molecule has 0 aromatic carbocycles. The van der Waals surface area contributed by atoms with E-state index in [-0.39, 0.29) is 0 Å². The summed E-state index contributed by atoms with van der Waals surface area (Å²) in [5.74, 6) is -0.816. The first-order valence-electron chi connectivity index (χ1n) is 8.63. The third-order valence-corrected chi connectivity index (χ3v) is 6.45. The molecule has 0 aliphatic heterocycles. The minimum atomic E-state index is -0.816. The van der Waals surface area contributed by atoms with Gasteiger partial charge in [-0.1, -0.05) is 75.5 Å². The highest BCUT2D eigenvalue weighted by atomic mass is 127. The number of unbranched alkanes of at least 4 members (excludes halogenated alkanes) is 4. The first-order valence-corrected chi connectivity index (χ1v) is 11.3. The normalized spacial score (nSPS) is 14.1. The molecule has 0 N–H and O–H groups in total. The molecule has 21 heavy (non-hydrogen) atoms. The van der Waals surface area contributed by atoms with Gasteiger partial charge in [0.25, 0.3) is 5.97 Å². The molecule has 1 atom stereocenters. The molecule has 0 saturated carbocycles. The van der Waals surface area contributed by atoms with Crippen LogP contribution < -0.4 is 0 Å². The van der Waals surface area contributed by atoms with Gasteiger partial charge in [-0.25, -0.2) is 0 Å². The highest BCUT2D eigenvalue weighted by Gasteiger charge is 2.27. The van der Waals surface area contributed by atoms with Crippen molar-refractivity contribution in [3.8, 4) is 0 Å². The van der Waals surface area contributed by atoms with Crippen molar-refractivity contribution in [2.24, 2.45) is 0 Å². The Kier molecular flexibility index (Phi) is 15.0. The van der Waals surface area contributed by atoms with Crippen LogP contribution in [0.3, 0.4) is 0 Å². The molecule has 0 aromatic rings. The molecule has 0 bridgehead atoms. The Morgan fingerprint density at radius 1 is 0.905 bits per heavy atom. The van der Waals surface area contributed by atoms with Gasteiger partial charge in [0.2, 0.25) is 0 Å². The van der Waals surface area contributed by atoms with Gasteiger partial charge in [-0.3, -0.25) is 0 Å². The Morgan fingerprint density at radius 2 is 1.48 bits per heavy atom. The smallest absolute Gasteiger partial charge is 0.269 e. The molecule has 0 amide bonds. The zero-order chi connectivity index (χ0) is 16.0. The molecular weight excluding hydrogens is 395 g/mol. The lowest BCUT2D eigenvalue weighted by Crippen LogP contribution is -2.39. The summed E-state index contributed by atoms with van der Waals surface area (Å²) in [6, 6.07) is 0. The van der Waals surface area contributed by atoms with Crippen molar-refractivity contribution in [3.63, 3.8) is 0 Å². The van der Waals surface area contributed by atoms with E-state index in [2.05, 4.69) is 43.4 Å². The number of hydrogen-bond donors (Lipinski definition) is 0. The van der Waals surface area contributed by atoms with Crippen LogP contribution in [0.2, 0.25) is 0 Å². The summed E-state index contributed by atoms with van der Waals surface area (Å²) in [4.78, 5) is 0. The Balaban J connectivity index is 3.91. The first kappa shape index (κ1) is 21.8. The Bertz CT molecular complexity index is 222. The van der Waals surface area contributed by atoms with Gasteiger partial charge < -0.3 is 13.9 Å². The van der Waals surface area contributed by atoms with Gasteiger partial charge in [-0.05, 0) is 19.3 Å². The molecule has 1 unspecified atom stereocenters. The Morgan fingerprint density at radius 3 is 2.00 bits per heavy atom. The molecule has 0 aromatic heterocycles. The zero-order valence-corrected chi connectivity index (χ0v) is 18.0. The Hall–Kier alpha value is 0.827. The third kappa shape index (κ3) is 13.0. The van der Waals surface area contributed by atoms with Gasteiger partial charge in [0, 0.05) is 10.5 Å². The standard InChI is InChI=1S/C16H35IO3Si/c1-5-8-9-10-11-12-15(17)21-20-16(4,18-13-6-2)19-14-7-3/h15H,5-14,21H2,1-4H3. The number of alkyl halides is 1. The lowest BCUT2D eigenvalue weighted by Gasteiger charge is -2.31. The maximum Gasteiger partial charge on any atom is 0.269 e. The summed E-state index contributed by atoms with van der Waals surface area (Å²) in [5.41, 5.74) is 0. The van der Waals surface area contributed by atoms with Gasteiger partial charge in [-0.2, -0.15) is 0 Å². The van der Waals surface area contributed by atoms with Gasteiger partial charge in [-0.15, -0.1) is 0 Å². The molecule has 0 fully saturated rings. The SMILES string of the molecule is CCCCCCCC(I)[SiH2]OC(C)(OCCC)OCCC. The van der Waals surface area contributed by atoms with Crippen molar-refractivity contribution in [1.82, 2.24) is 0 Å². The second kappa shape index (κ2) is 14.4. The second-order valence-electron chi connectivity index (χ2n) is 5.67. The highest BCUT2D eigenvalue weighted by Crippen LogP contribution is 2.19. The Labute approximate surface area is 148 Å². The van der Waals surface area contributed by atoms with Gasteiger partial charge in [0.1, 0.15) is 0 Å². The average Bonchev–Trinajstić information content (AvgIpc) is 2.49. The highest BCUT2D eigenvalue weighted by molar-refractivity contribution is 14.1. The van der Waals surface area contributed by atoms with Crippen LogP contribution in [0, 0.1) is 0 Å². The van der Waals surface area contributed by atoms with Crippen LogP contribution in [0.4, 0.5) is 0 Å². The summed E-state index contributed by atoms with van der Waals surface area (Å²) in [7, 11) is -0.627. The molecule has 0 rings (SSSR count). The molecule has 0 heterocycles. The molecule has 0 aliphatic rings. The van der Waals surface area contributed by atoms with E-state index in [1.54, 1.807) is 0 Å². The summed E-state index contributed by atoms with van der Waals surface area (Å²) >= 11 is 2.54. The largest absolute Gasteiger partial charge is 0.375 e. The number of rotatable bonds is 15. The van der Waals surface area contributed by atoms with E-state index in [9.17, 15) is 0 Å². The molecule has 3 nitrogen and oxygen atoms in total. The maximum atomic E-state index is 6.06. The van der Waals surface area contributed by atoms with Crippen molar-refractivity contribution in [1.29, 1.82) is 0 Å². The van der Waals surface area contributed by atoms with Crippen LogP contribution in [0.25, 0.3) is 0 Å². The first-order chi connectivity index (χ1) is 10.1. The van der Waals surface area contributed by atoms with E-state index in [1.165, 1.54) is 38.5 Å². The van der Waals surface area contributed by atoms with E-state index in [4.69, 9.17) is 13.9 Å². The number of halogens is 1. The van der Waals surface area contributed by atoms with Crippen LogP contribution in [0.5, 0.6) is 0 Å². The fraction of sp³-hybridized carbons (Fsp3) is 1.00. The third-order valence-electron chi connectivity index (χ3n) is 3.28. The fourth-order valence-corrected chi connectivity index (χ4v) is 4.08. The minimum absolute atomic E-state index is 0.627. The van der Waals surface area contributed by atoms with Gasteiger partial charge in [0.05, 0.1) is 13.2 Å². The number of ether oxygens (including phenoxy) is 2. The van der Waals surface area contributed by atoms with Crippen LogP contribution >= 0.6 is 22.6 Å². The quantitative estimate of drug-likeness (QED) is 0.124. The summed E-state index contributed by atoms with van der Waals surface area (Å²) in [6.07, 6.45) is 9.99. The molecular formula is C16H35IO3Si. The van der Waals surface area contributed by atoms with E-state index < -0.39 is 15.7 Å². The second-order valence-corrected chi connectivity index (χ2v) is 10.7. The van der Waals surface area contributed by atoms with Crippen molar-refractivity contribution < 1.29 is 13.9 Å². The van der Waals surface area contributed by atoms with Gasteiger partial charge >= 0.3 is 0 Å². The van der Waals surface area contributed by atoms with E-state index >= 15 is 0 Å². The van der Waals surface area contributed by atoms with Crippen molar-refractivity contribution in [2.75, 3.05) is 13.2 Å². The number of hydrogen-bond acceptors (Lipinski definition) is 3. The minimum Gasteiger partial charge on any atom is -0.375 e. The van der Waals surface area contributed by atoms with Gasteiger partial charge in [0.15, 0.2) is 9.76 Å². The molecule has 0 spiro atoms. The predicted octanol–water partition coefficient (Wildman–Crippen LogP) is 4.74. The molecule has 0 aliphatic carbocycles. The van der Waals surface area contributed by atoms with Crippen molar-refractivity contribution in [3.05, 3.63) is 0 Å². The summed E-state index contributed by atoms with van der Waals surface area (Å²) < 4.78 is 18.3. The average molecular weight is 430 g/mol. The molecule has 128 valence electrons. The molecule has 0 saturated heterocycles. The van der Waals surface area contributed by atoms with Crippen molar-refractivity contribution >= 4 is 32.4 Å². The molecule has 5 heteroatoms. The predicted molar refractivity (Wildman–Crippen MR) is 102 cm³/mol. The van der Waals surface area contributed by atoms with Crippen LogP contribution in [-0.2, 0) is 13.9 Å². The maximum absolute atomic E-state index is 6.06. The van der Waals surface area contributed by atoms with Crippen LogP contribution in [-0.4, -0.2) is 32.5 Å². The lowest BCUT2D eigenvalue weighted by atomic mass is 10.1. The fourth-order valence-electron chi connectivity index (χ4n) is 1.99. The van der Waals surface area contributed by atoms with Crippen LogP contribution in [0.1, 0.15) is 79.1 Å². The van der Waals surface area contributed by atoms with Crippen LogP contribution in [0.15, 0.2) is 0 Å². The lowest BCUT2D eigenvalue weighted by molar-refractivity contribution is -0.333. The summed E-state index contributed by atoms with van der Waals surface area (Å²) in [5, 5.41) is 0.